The Balaban J connectivity index is 2.36. The van der Waals surface area contributed by atoms with Crippen LogP contribution in [0.3, 0.4) is 0 Å². The highest BCUT2D eigenvalue weighted by molar-refractivity contribution is 7.07. The Hall–Kier alpha value is -1.55. The molecule has 0 aliphatic carbocycles. The molecule has 0 aliphatic heterocycles. The van der Waals surface area contributed by atoms with Crippen LogP contribution in [0.5, 0.6) is 11.5 Å². The third kappa shape index (κ3) is 2.17. The number of hydrogen-bond donors (Lipinski definition) is 0. The standard InChI is InChI=1S/C12H13NO2S/c1-3-15-11-5-4-9(6-12(11)14-2)10-7-16-8-13-10/h4-8H,3H2,1-2H3. The largest absolute Gasteiger partial charge is 0.493 e. The first-order chi connectivity index (χ1) is 7.85. The van der Waals surface area contributed by atoms with Gasteiger partial charge in [0.05, 0.1) is 24.9 Å². The Kier molecular flexibility index (Phi) is 3.41. The summed E-state index contributed by atoms with van der Waals surface area (Å²) >= 11 is 1.58. The van der Waals surface area contributed by atoms with Gasteiger partial charge in [0.1, 0.15) is 0 Å². The fraction of sp³-hybridized carbons (Fsp3) is 0.250. The predicted molar refractivity (Wildman–Crippen MR) is 65.3 cm³/mol. The Bertz CT molecular complexity index is 454. The number of hydrogen-bond acceptors (Lipinski definition) is 4. The first-order valence-corrected chi connectivity index (χ1v) is 5.99. The van der Waals surface area contributed by atoms with Gasteiger partial charge in [-0.25, -0.2) is 4.98 Å². The molecule has 0 fully saturated rings. The van der Waals surface area contributed by atoms with Crippen molar-refractivity contribution in [2.24, 2.45) is 0 Å². The van der Waals surface area contributed by atoms with Gasteiger partial charge in [0.15, 0.2) is 11.5 Å². The van der Waals surface area contributed by atoms with Crippen molar-refractivity contribution in [1.82, 2.24) is 4.98 Å². The highest BCUT2D eigenvalue weighted by atomic mass is 32.1. The van der Waals surface area contributed by atoms with Crippen LogP contribution in [0.2, 0.25) is 0 Å². The second-order valence-electron chi connectivity index (χ2n) is 3.17. The van der Waals surface area contributed by atoms with Crippen molar-refractivity contribution in [3.05, 3.63) is 29.1 Å². The smallest absolute Gasteiger partial charge is 0.161 e. The zero-order valence-corrected chi connectivity index (χ0v) is 10.1. The summed E-state index contributed by atoms with van der Waals surface area (Å²) in [6.07, 6.45) is 0. The highest BCUT2D eigenvalue weighted by Gasteiger charge is 2.07. The van der Waals surface area contributed by atoms with Crippen molar-refractivity contribution in [3.8, 4) is 22.8 Å². The number of nitrogens with zero attached hydrogens (tertiary/aromatic N) is 1. The molecule has 3 nitrogen and oxygen atoms in total. The number of aromatic nitrogens is 1. The number of ether oxygens (including phenoxy) is 2. The van der Waals surface area contributed by atoms with Crippen molar-refractivity contribution in [3.63, 3.8) is 0 Å². The molecule has 0 atom stereocenters. The zero-order valence-electron chi connectivity index (χ0n) is 9.27. The van der Waals surface area contributed by atoms with Crippen LogP contribution in [0.15, 0.2) is 29.1 Å². The van der Waals surface area contributed by atoms with Crippen LogP contribution < -0.4 is 9.47 Å². The normalized spacial score (nSPS) is 10.1. The number of thiazole rings is 1. The van der Waals surface area contributed by atoms with Crippen molar-refractivity contribution >= 4 is 11.3 Å². The average molecular weight is 235 g/mol. The Morgan fingerprint density at radius 1 is 1.31 bits per heavy atom. The molecule has 0 aliphatic rings. The summed E-state index contributed by atoms with van der Waals surface area (Å²) in [5, 5.41) is 2.01. The lowest BCUT2D eigenvalue weighted by molar-refractivity contribution is 0.311. The molecular formula is C12H13NO2S. The zero-order chi connectivity index (χ0) is 11.4. The van der Waals surface area contributed by atoms with Gasteiger partial charge in [-0.2, -0.15) is 0 Å². The molecule has 0 spiro atoms. The molecule has 1 heterocycles. The quantitative estimate of drug-likeness (QED) is 0.815. The van der Waals surface area contributed by atoms with E-state index in [0.717, 1.165) is 22.8 Å². The molecule has 2 aromatic rings. The van der Waals surface area contributed by atoms with Gasteiger partial charge in [-0.3, -0.25) is 0 Å². The summed E-state index contributed by atoms with van der Waals surface area (Å²) in [6, 6.07) is 5.85. The van der Waals surface area contributed by atoms with E-state index in [9.17, 15) is 0 Å². The Morgan fingerprint density at radius 3 is 2.81 bits per heavy atom. The third-order valence-corrected chi connectivity index (χ3v) is 2.78. The third-order valence-electron chi connectivity index (χ3n) is 2.19. The van der Waals surface area contributed by atoms with E-state index in [1.165, 1.54) is 0 Å². The highest BCUT2D eigenvalue weighted by Crippen LogP contribution is 2.32. The van der Waals surface area contributed by atoms with E-state index in [-0.39, 0.29) is 0 Å². The molecule has 0 bridgehead atoms. The molecule has 0 amide bonds. The summed E-state index contributed by atoms with van der Waals surface area (Å²) in [4.78, 5) is 4.26. The van der Waals surface area contributed by atoms with E-state index >= 15 is 0 Å². The molecule has 4 heteroatoms. The van der Waals surface area contributed by atoms with Crippen LogP contribution >= 0.6 is 11.3 Å². The summed E-state index contributed by atoms with van der Waals surface area (Å²) in [5.41, 5.74) is 3.83. The summed E-state index contributed by atoms with van der Waals surface area (Å²) in [5.74, 6) is 1.51. The molecule has 16 heavy (non-hydrogen) atoms. The van der Waals surface area contributed by atoms with Crippen LogP contribution in [0.1, 0.15) is 6.92 Å². The summed E-state index contributed by atoms with van der Waals surface area (Å²) in [6.45, 7) is 2.58. The van der Waals surface area contributed by atoms with Crippen molar-refractivity contribution in [2.45, 2.75) is 6.92 Å². The van der Waals surface area contributed by atoms with E-state index in [4.69, 9.17) is 9.47 Å². The first-order valence-electron chi connectivity index (χ1n) is 5.04. The van der Waals surface area contributed by atoms with Gasteiger partial charge in [0, 0.05) is 10.9 Å². The van der Waals surface area contributed by atoms with Crippen molar-refractivity contribution in [2.75, 3.05) is 13.7 Å². The van der Waals surface area contributed by atoms with Gasteiger partial charge in [-0.05, 0) is 25.1 Å². The second-order valence-corrected chi connectivity index (χ2v) is 3.89. The topological polar surface area (TPSA) is 31.4 Å². The Labute approximate surface area is 98.7 Å². The minimum absolute atomic E-state index is 0.631. The van der Waals surface area contributed by atoms with Crippen LogP contribution in [0, 0.1) is 0 Å². The summed E-state index contributed by atoms with van der Waals surface area (Å²) < 4.78 is 10.7. The second kappa shape index (κ2) is 4.99. The average Bonchev–Trinajstić information content (AvgIpc) is 2.83. The first kappa shape index (κ1) is 11.0. The van der Waals surface area contributed by atoms with E-state index in [1.54, 1.807) is 18.4 Å². The van der Waals surface area contributed by atoms with Gasteiger partial charge < -0.3 is 9.47 Å². The lowest BCUT2D eigenvalue weighted by Crippen LogP contribution is -1.95. The fourth-order valence-corrected chi connectivity index (χ4v) is 2.02. The SMILES string of the molecule is CCOc1ccc(-c2cscn2)cc1OC. The predicted octanol–water partition coefficient (Wildman–Crippen LogP) is 3.22. The van der Waals surface area contributed by atoms with E-state index in [2.05, 4.69) is 4.98 Å². The lowest BCUT2D eigenvalue weighted by Gasteiger charge is -2.09. The fourth-order valence-electron chi connectivity index (χ4n) is 1.46. The molecule has 1 aromatic heterocycles. The summed E-state index contributed by atoms with van der Waals surface area (Å²) in [7, 11) is 1.64. The molecule has 0 saturated carbocycles. The number of benzene rings is 1. The molecule has 0 saturated heterocycles. The lowest BCUT2D eigenvalue weighted by atomic mass is 10.1. The van der Waals surface area contributed by atoms with Crippen LogP contribution in [-0.4, -0.2) is 18.7 Å². The maximum absolute atomic E-state index is 5.46. The maximum atomic E-state index is 5.46. The van der Waals surface area contributed by atoms with E-state index in [0.29, 0.717) is 6.61 Å². The van der Waals surface area contributed by atoms with E-state index < -0.39 is 0 Å². The van der Waals surface area contributed by atoms with Gasteiger partial charge in [-0.15, -0.1) is 11.3 Å². The Morgan fingerprint density at radius 2 is 2.19 bits per heavy atom. The molecular weight excluding hydrogens is 222 g/mol. The monoisotopic (exact) mass is 235 g/mol. The van der Waals surface area contributed by atoms with Gasteiger partial charge >= 0.3 is 0 Å². The molecule has 1 aromatic carbocycles. The molecule has 2 rings (SSSR count). The van der Waals surface area contributed by atoms with Gasteiger partial charge in [-0.1, -0.05) is 0 Å². The van der Waals surface area contributed by atoms with Crippen LogP contribution in [0.25, 0.3) is 11.3 Å². The van der Waals surface area contributed by atoms with E-state index in [1.807, 2.05) is 36.0 Å². The van der Waals surface area contributed by atoms with Gasteiger partial charge in [0.25, 0.3) is 0 Å². The molecule has 84 valence electrons. The molecule has 0 unspecified atom stereocenters. The molecule has 0 radical (unpaired) electrons. The molecule has 0 N–H and O–H groups in total. The van der Waals surface area contributed by atoms with Gasteiger partial charge in [0.2, 0.25) is 0 Å². The van der Waals surface area contributed by atoms with Crippen LogP contribution in [0.4, 0.5) is 0 Å². The number of rotatable bonds is 4. The van der Waals surface area contributed by atoms with Crippen molar-refractivity contribution < 1.29 is 9.47 Å². The van der Waals surface area contributed by atoms with Crippen LogP contribution in [-0.2, 0) is 0 Å². The van der Waals surface area contributed by atoms with Crippen molar-refractivity contribution in [1.29, 1.82) is 0 Å². The minimum Gasteiger partial charge on any atom is -0.493 e. The minimum atomic E-state index is 0.631. The number of methoxy groups -OCH3 is 1. The maximum Gasteiger partial charge on any atom is 0.161 e.